The van der Waals surface area contributed by atoms with Gasteiger partial charge in [-0.05, 0) is 13.0 Å². The molecule has 0 aliphatic heterocycles. The lowest BCUT2D eigenvalue weighted by molar-refractivity contribution is -0.384. The van der Waals surface area contributed by atoms with E-state index in [-0.39, 0.29) is 22.2 Å². The molecule has 0 amide bonds. The Morgan fingerprint density at radius 2 is 2.15 bits per heavy atom. The Morgan fingerprint density at radius 1 is 1.55 bits per heavy atom. The van der Waals surface area contributed by atoms with Crippen molar-refractivity contribution in [2.45, 2.75) is 24.0 Å². The monoisotopic (exact) mass is 323 g/mol. The SMILES string of the molecule is CC(O)C(N)CNS(=O)(=O)c1ccc([N+](=O)[O-])cc1Cl. The van der Waals surface area contributed by atoms with Gasteiger partial charge in [0.2, 0.25) is 10.0 Å². The van der Waals surface area contributed by atoms with E-state index in [0.717, 1.165) is 18.2 Å². The van der Waals surface area contributed by atoms with E-state index < -0.39 is 27.1 Å². The van der Waals surface area contributed by atoms with Gasteiger partial charge in [-0.2, -0.15) is 0 Å². The van der Waals surface area contributed by atoms with Crippen molar-refractivity contribution in [2.24, 2.45) is 5.73 Å². The minimum absolute atomic E-state index is 0.187. The van der Waals surface area contributed by atoms with Crippen molar-refractivity contribution in [1.82, 2.24) is 4.72 Å². The predicted molar refractivity (Wildman–Crippen MR) is 73.0 cm³/mol. The largest absolute Gasteiger partial charge is 0.392 e. The summed E-state index contributed by atoms with van der Waals surface area (Å²) < 4.78 is 26.1. The molecule has 0 radical (unpaired) electrons. The summed E-state index contributed by atoms with van der Waals surface area (Å²) in [6, 6.07) is 2.25. The standard InChI is InChI=1S/C10H14ClN3O5S/c1-6(15)9(12)5-13-20(18,19)10-3-2-7(14(16)17)4-8(10)11/h2-4,6,9,13,15H,5,12H2,1H3. The fourth-order valence-corrected chi connectivity index (χ4v) is 2.89. The molecule has 0 heterocycles. The van der Waals surface area contributed by atoms with Crippen molar-refractivity contribution in [1.29, 1.82) is 0 Å². The normalized spacial score (nSPS) is 14.8. The molecule has 20 heavy (non-hydrogen) atoms. The molecule has 0 saturated carbocycles. The van der Waals surface area contributed by atoms with Gasteiger partial charge < -0.3 is 10.8 Å². The predicted octanol–water partition coefficient (Wildman–Crippen LogP) is 0.235. The Kier molecular flexibility index (Phi) is 5.42. The third-order valence-corrected chi connectivity index (χ3v) is 4.45. The highest BCUT2D eigenvalue weighted by Crippen LogP contribution is 2.25. The van der Waals surface area contributed by atoms with E-state index in [0.29, 0.717) is 0 Å². The maximum Gasteiger partial charge on any atom is 0.271 e. The Morgan fingerprint density at radius 3 is 2.60 bits per heavy atom. The molecule has 0 bridgehead atoms. The highest BCUT2D eigenvalue weighted by atomic mass is 35.5. The average Bonchev–Trinajstić information content (AvgIpc) is 2.35. The maximum atomic E-state index is 12.0. The number of halogens is 1. The van der Waals surface area contributed by atoms with Gasteiger partial charge in [0.1, 0.15) is 4.90 Å². The van der Waals surface area contributed by atoms with Gasteiger partial charge in [-0.15, -0.1) is 0 Å². The summed E-state index contributed by atoms with van der Waals surface area (Å²) in [7, 11) is -3.96. The minimum atomic E-state index is -3.96. The zero-order valence-electron chi connectivity index (χ0n) is 10.5. The molecule has 2 unspecified atom stereocenters. The molecule has 112 valence electrons. The Bertz CT molecular complexity index is 605. The first-order valence-corrected chi connectivity index (χ1v) is 7.38. The van der Waals surface area contributed by atoms with Crippen molar-refractivity contribution >= 4 is 27.3 Å². The number of nitro benzene ring substituents is 1. The van der Waals surface area contributed by atoms with E-state index in [1.807, 2.05) is 0 Å². The number of nitrogens with zero attached hydrogens (tertiary/aromatic N) is 1. The molecule has 8 nitrogen and oxygen atoms in total. The van der Waals surface area contributed by atoms with E-state index in [2.05, 4.69) is 4.72 Å². The zero-order valence-corrected chi connectivity index (χ0v) is 12.1. The Hall–Kier alpha value is -1.26. The van der Waals surface area contributed by atoms with Crippen LogP contribution in [-0.2, 0) is 10.0 Å². The van der Waals surface area contributed by atoms with E-state index >= 15 is 0 Å². The fourth-order valence-electron chi connectivity index (χ4n) is 1.28. The van der Waals surface area contributed by atoms with Crippen LogP contribution in [0.1, 0.15) is 6.92 Å². The number of sulfonamides is 1. The quantitative estimate of drug-likeness (QED) is 0.506. The van der Waals surface area contributed by atoms with Crippen LogP contribution in [0.4, 0.5) is 5.69 Å². The van der Waals surface area contributed by atoms with Gasteiger partial charge >= 0.3 is 0 Å². The molecule has 0 aliphatic rings. The van der Waals surface area contributed by atoms with Crippen LogP contribution in [0, 0.1) is 10.1 Å². The van der Waals surface area contributed by atoms with Crippen molar-refractivity contribution in [3.63, 3.8) is 0 Å². The zero-order chi connectivity index (χ0) is 15.5. The molecule has 1 aromatic rings. The fraction of sp³-hybridized carbons (Fsp3) is 0.400. The number of hydrogen-bond acceptors (Lipinski definition) is 6. The van der Waals surface area contributed by atoms with E-state index in [9.17, 15) is 23.6 Å². The summed E-state index contributed by atoms with van der Waals surface area (Å²) in [6.07, 6.45) is -0.884. The van der Waals surface area contributed by atoms with Crippen LogP contribution in [0.25, 0.3) is 0 Å². The average molecular weight is 324 g/mol. The molecule has 10 heteroatoms. The summed E-state index contributed by atoms with van der Waals surface area (Å²) in [5, 5.41) is 19.5. The first kappa shape index (κ1) is 16.8. The number of benzene rings is 1. The molecule has 1 rings (SSSR count). The topological polar surface area (TPSA) is 136 Å². The number of hydrogen-bond donors (Lipinski definition) is 3. The van der Waals surface area contributed by atoms with Gasteiger partial charge in [-0.1, -0.05) is 11.6 Å². The lowest BCUT2D eigenvalue weighted by Gasteiger charge is -2.15. The van der Waals surface area contributed by atoms with Crippen LogP contribution in [0.3, 0.4) is 0 Å². The Balaban J connectivity index is 2.96. The molecule has 0 spiro atoms. The molecular formula is C10H14ClN3O5S. The number of nitro groups is 1. The minimum Gasteiger partial charge on any atom is -0.392 e. The van der Waals surface area contributed by atoms with Crippen LogP contribution in [-0.4, -0.2) is 37.1 Å². The number of aliphatic hydroxyl groups excluding tert-OH is 1. The number of non-ortho nitro benzene ring substituents is 1. The van der Waals surface area contributed by atoms with Crippen LogP contribution in [0.15, 0.2) is 23.1 Å². The summed E-state index contributed by atoms with van der Waals surface area (Å²) >= 11 is 5.73. The van der Waals surface area contributed by atoms with Gasteiger partial charge in [0.15, 0.2) is 0 Å². The second kappa shape index (κ2) is 6.46. The summed E-state index contributed by atoms with van der Waals surface area (Å²) in [5.74, 6) is 0. The van der Waals surface area contributed by atoms with E-state index in [1.54, 1.807) is 0 Å². The first-order valence-electron chi connectivity index (χ1n) is 5.52. The summed E-state index contributed by atoms with van der Waals surface area (Å²) in [4.78, 5) is 9.57. The highest BCUT2D eigenvalue weighted by molar-refractivity contribution is 7.89. The van der Waals surface area contributed by atoms with Crippen molar-refractivity contribution < 1.29 is 18.4 Å². The summed E-state index contributed by atoms with van der Waals surface area (Å²) in [6.45, 7) is 1.24. The molecule has 2 atom stereocenters. The second-order valence-corrected chi connectivity index (χ2v) is 6.27. The molecule has 4 N–H and O–H groups in total. The lowest BCUT2D eigenvalue weighted by atomic mass is 10.2. The first-order chi connectivity index (χ1) is 9.15. The molecule has 1 aromatic carbocycles. The Labute approximate surface area is 120 Å². The molecular weight excluding hydrogens is 310 g/mol. The van der Waals surface area contributed by atoms with Crippen molar-refractivity contribution in [3.05, 3.63) is 33.3 Å². The number of aliphatic hydroxyl groups is 1. The highest BCUT2D eigenvalue weighted by Gasteiger charge is 2.22. The number of nitrogens with one attached hydrogen (secondary N) is 1. The van der Waals surface area contributed by atoms with Crippen LogP contribution < -0.4 is 10.5 Å². The smallest absolute Gasteiger partial charge is 0.271 e. The van der Waals surface area contributed by atoms with Gasteiger partial charge in [0.25, 0.3) is 5.69 Å². The van der Waals surface area contributed by atoms with Crippen LogP contribution >= 0.6 is 11.6 Å². The van der Waals surface area contributed by atoms with Crippen molar-refractivity contribution in [2.75, 3.05) is 6.54 Å². The lowest BCUT2D eigenvalue weighted by Crippen LogP contribution is -2.43. The second-order valence-electron chi connectivity index (χ2n) is 4.13. The molecule has 0 fully saturated rings. The molecule has 0 aromatic heterocycles. The third-order valence-electron chi connectivity index (χ3n) is 2.54. The summed E-state index contributed by atoms with van der Waals surface area (Å²) in [5.41, 5.74) is 5.19. The van der Waals surface area contributed by atoms with E-state index in [1.165, 1.54) is 6.92 Å². The molecule has 0 aliphatic carbocycles. The van der Waals surface area contributed by atoms with Gasteiger partial charge in [0, 0.05) is 24.7 Å². The number of rotatable bonds is 6. The maximum absolute atomic E-state index is 12.0. The van der Waals surface area contributed by atoms with Crippen LogP contribution in [0.2, 0.25) is 5.02 Å². The van der Waals surface area contributed by atoms with Gasteiger partial charge in [0.05, 0.1) is 16.0 Å². The third kappa shape index (κ3) is 4.12. The molecule has 0 saturated heterocycles. The number of nitrogens with two attached hydrogens (primary N) is 1. The van der Waals surface area contributed by atoms with E-state index in [4.69, 9.17) is 17.3 Å². The van der Waals surface area contributed by atoms with Crippen LogP contribution in [0.5, 0.6) is 0 Å². The van der Waals surface area contributed by atoms with Gasteiger partial charge in [-0.25, -0.2) is 13.1 Å². The van der Waals surface area contributed by atoms with Gasteiger partial charge in [-0.3, -0.25) is 10.1 Å². The van der Waals surface area contributed by atoms with Crippen molar-refractivity contribution in [3.8, 4) is 0 Å².